The van der Waals surface area contributed by atoms with Crippen LogP contribution >= 0.6 is 0 Å². The van der Waals surface area contributed by atoms with Gasteiger partial charge in [0.1, 0.15) is 12.1 Å². The Kier molecular flexibility index (Phi) is 6.91. The third-order valence-corrected chi connectivity index (χ3v) is 3.07. The minimum atomic E-state index is 0.190. The van der Waals surface area contributed by atoms with E-state index in [1.54, 1.807) is 12.4 Å². The molecule has 0 unspecified atom stereocenters. The number of hydrogen-bond donors (Lipinski definition) is 1. The number of hydrogen-bond acceptors (Lipinski definition) is 4. The first-order valence-electron chi connectivity index (χ1n) is 7.30. The lowest BCUT2D eigenvalue weighted by atomic mass is 10.1. The molecule has 110 valence electrons. The summed E-state index contributed by atoms with van der Waals surface area (Å²) in [4.78, 5) is 20.1. The van der Waals surface area contributed by atoms with Crippen LogP contribution in [0.25, 0.3) is 0 Å². The van der Waals surface area contributed by atoms with Gasteiger partial charge in [-0.15, -0.1) is 0 Å². The summed E-state index contributed by atoms with van der Waals surface area (Å²) in [5.74, 6) is 1.51. The van der Waals surface area contributed by atoms with E-state index in [4.69, 9.17) is 0 Å². The van der Waals surface area contributed by atoms with Crippen molar-refractivity contribution in [3.63, 3.8) is 0 Å². The molecule has 1 heterocycles. The van der Waals surface area contributed by atoms with E-state index in [1.807, 2.05) is 13.0 Å². The quantitative estimate of drug-likeness (QED) is 0.584. The standard InChI is InChI=1S/C16H25N3O/c1-5-15-13(4)18-11-19-16(15)17-10-6-7-14(20)9-8-12(2)3/h8-9,11-12H,5-7,10H2,1-4H3,(H,17,18,19)/b9-8+. The van der Waals surface area contributed by atoms with E-state index in [9.17, 15) is 4.79 Å². The van der Waals surface area contributed by atoms with Crippen molar-refractivity contribution in [2.75, 3.05) is 11.9 Å². The van der Waals surface area contributed by atoms with Gasteiger partial charge in [-0.3, -0.25) is 4.79 Å². The second-order valence-electron chi connectivity index (χ2n) is 5.24. The Morgan fingerprint density at radius 2 is 2.15 bits per heavy atom. The Morgan fingerprint density at radius 3 is 2.80 bits per heavy atom. The number of carbonyl (C=O) groups is 1. The van der Waals surface area contributed by atoms with E-state index < -0.39 is 0 Å². The Balaban J connectivity index is 2.38. The molecule has 1 aromatic heterocycles. The molecule has 0 saturated heterocycles. The second kappa shape index (κ2) is 8.46. The Labute approximate surface area is 121 Å². The molecule has 20 heavy (non-hydrogen) atoms. The number of carbonyl (C=O) groups excluding carboxylic acids is 1. The predicted octanol–water partition coefficient (Wildman–Crippen LogP) is 3.32. The second-order valence-corrected chi connectivity index (χ2v) is 5.24. The van der Waals surface area contributed by atoms with E-state index >= 15 is 0 Å². The molecule has 0 aliphatic carbocycles. The monoisotopic (exact) mass is 275 g/mol. The summed E-state index contributed by atoms with van der Waals surface area (Å²) in [5.41, 5.74) is 2.17. The van der Waals surface area contributed by atoms with Crippen LogP contribution in [0.1, 0.15) is 44.9 Å². The summed E-state index contributed by atoms with van der Waals surface area (Å²) in [6.45, 7) is 8.97. The Bertz CT molecular complexity index is 467. The highest BCUT2D eigenvalue weighted by molar-refractivity contribution is 5.89. The Morgan fingerprint density at radius 1 is 1.40 bits per heavy atom. The van der Waals surface area contributed by atoms with Gasteiger partial charge in [0, 0.05) is 24.2 Å². The van der Waals surface area contributed by atoms with Gasteiger partial charge in [-0.2, -0.15) is 0 Å². The van der Waals surface area contributed by atoms with E-state index in [2.05, 4.69) is 36.1 Å². The smallest absolute Gasteiger partial charge is 0.155 e. The van der Waals surface area contributed by atoms with Crippen LogP contribution in [0.15, 0.2) is 18.5 Å². The van der Waals surface area contributed by atoms with Crippen LogP contribution in [-0.2, 0) is 11.2 Å². The van der Waals surface area contributed by atoms with Gasteiger partial charge in [-0.05, 0) is 31.8 Å². The van der Waals surface area contributed by atoms with E-state index in [0.29, 0.717) is 12.3 Å². The number of allylic oxidation sites excluding steroid dienone is 2. The minimum Gasteiger partial charge on any atom is -0.370 e. The zero-order valence-corrected chi connectivity index (χ0v) is 12.9. The highest BCUT2D eigenvalue weighted by Gasteiger charge is 2.05. The number of nitrogens with zero attached hydrogens (tertiary/aromatic N) is 2. The highest BCUT2D eigenvalue weighted by atomic mass is 16.1. The van der Waals surface area contributed by atoms with Gasteiger partial charge in [-0.1, -0.05) is 26.8 Å². The molecule has 0 amide bonds. The van der Waals surface area contributed by atoms with Crippen molar-refractivity contribution in [3.8, 4) is 0 Å². The summed E-state index contributed by atoms with van der Waals surface area (Å²) in [7, 11) is 0. The normalized spacial score (nSPS) is 11.2. The first-order valence-corrected chi connectivity index (χ1v) is 7.30. The van der Waals surface area contributed by atoms with Crippen LogP contribution in [0.5, 0.6) is 0 Å². The van der Waals surface area contributed by atoms with Gasteiger partial charge in [0.2, 0.25) is 0 Å². The van der Waals surface area contributed by atoms with Crippen molar-refractivity contribution in [1.82, 2.24) is 9.97 Å². The molecule has 0 aromatic carbocycles. The molecule has 0 fully saturated rings. The fourth-order valence-electron chi connectivity index (χ4n) is 1.93. The molecule has 0 atom stereocenters. The summed E-state index contributed by atoms with van der Waals surface area (Å²) in [6, 6.07) is 0. The summed E-state index contributed by atoms with van der Waals surface area (Å²) < 4.78 is 0. The number of aryl methyl sites for hydroxylation is 1. The van der Waals surface area contributed by atoms with Gasteiger partial charge < -0.3 is 5.32 Å². The molecule has 0 bridgehead atoms. The summed E-state index contributed by atoms with van der Waals surface area (Å²) in [5, 5.41) is 3.30. The third-order valence-electron chi connectivity index (χ3n) is 3.07. The zero-order chi connectivity index (χ0) is 15.0. The number of ketones is 1. The fourth-order valence-corrected chi connectivity index (χ4v) is 1.93. The van der Waals surface area contributed by atoms with Crippen molar-refractivity contribution in [1.29, 1.82) is 0 Å². The number of aromatic nitrogens is 2. The molecule has 0 radical (unpaired) electrons. The summed E-state index contributed by atoms with van der Waals surface area (Å²) in [6.07, 6.45) is 7.50. The molecular formula is C16H25N3O. The maximum atomic E-state index is 11.6. The van der Waals surface area contributed by atoms with Gasteiger partial charge in [0.05, 0.1) is 0 Å². The van der Waals surface area contributed by atoms with E-state index in [-0.39, 0.29) is 5.78 Å². The van der Waals surface area contributed by atoms with Crippen LogP contribution in [0.3, 0.4) is 0 Å². The molecule has 1 aromatic rings. The van der Waals surface area contributed by atoms with Gasteiger partial charge >= 0.3 is 0 Å². The first kappa shape index (κ1) is 16.3. The molecule has 1 N–H and O–H groups in total. The van der Waals surface area contributed by atoms with Crippen LogP contribution < -0.4 is 5.32 Å². The minimum absolute atomic E-state index is 0.190. The van der Waals surface area contributed by atoms with Crippen LogP contribution in [-0.4, -0.2) is 22.3 Å². The SMILES string of the molecule is CCc1c(C)ncnc1NCCCC(=O)/C=C/C(C)C. The van der Waals surface area contributed by atoms with Crippen LogP contribution in [0.2, 0.25) is 0 Å². The maximum Gasteiger partial charge on any atom is 0.155 e. The molecule has 0 aliphatic heterocycles. The molecule has 1 rings (SSSR count). The van der Waals surface area contributed by atoms with Crippen molar-refractivity contribution in [2.45, 2.75) is 47.0 Å². The molecule has 4 heteroatoms. The Hall–Kier alpha value is -1.71. The van der Waals surface area contributed by atoms with Crippen molar-refractivity contribution in [3.05, 3.63) is 29.7 Å². The van der Waals surface area contributed by atoms with Gasteiger partial charge in [-0.25, -0.2) is 9.97 Å². The van der Waals surface area contributed by atoms with Crippen molar-refractivity contribution < 1.29 is 4.79 Å². The molecule has 0 spiro atoms. The number of anilines is 1. The van der Waals surface area contributed by atoms with Crippen molar-refractivity contribution >= 4 is 11.6 Å². The topological polar surface area (TPSA) is 54.9 Å². The lowest BCUT2D eigenvalue weighted by Crippen LogP contribution is -2.09. The maximum absolute atomic E-state index is 11.6. The van der Waals surface area contributed by atoms with E-state index in [0.717, 1.165) is 36.5 Å². The molecule has 0 aliphatic rings. The van der Waals surface area contributed by atoms with Crippen LogP contribution in [0.4, 0.5) is 5.82 Å². The van der Waals surface area contributed by atoms with E-state index in [1.165, 1.54) is 0 Å². The molecular weight excluding hydrogens is 250 g/mol. The third kappa shape index (κ3) is 5.51. The highest BCUT2D eigenvalue weighted by Crippen LogP contribution is 2.15. The average molecular weight is 275 g/mol. The van der Waals surface area contributed by atoms with Crippen molar-refractivity contribution in [2.24, 2.45) is 5.92 Å². The molecule has 0 saturated carbocycles. The van der Waals surface area contributed by atoms with Gasteiger partial charge in [0.15, 0.2) is 5.78 Å². The van der Waals surface area contributed by atoms with Crippen LogP contribution in [0, 0.1) is 12.8 Å². The number of nitrogens with one attached hydrogen (secondary N) is 1. The summed E-state index contributed by atoms with van der Waals surface area (Å²) >= 11 is 0. The lowest BCUT2D eigenvalue weighted by Gasteiger charge is -2.10. The largest absolute Gasteiger partial charge is 0.370 e. The first-order chi connectivity index (χ1) is 9.54. The average Bonchev–Trinajstić information content (AvgIpc) is 2.41. The predicted molar refractivity (Wildman–Crippen MR) is 82.9 cm³/mol. The zero-order valence-electron chi connectivity index (χ0n) is 12.9. The number of rotatable bonds is 8. The fraction of sp³-hybridized carbons (Fsp3) is 0.562. The molecule has 4 nitrogen and oxygen atoms in total. The lowest BCUT2D eigenvalue weighted by molar-refractivity contribution is -0.114. The van der Waals surface area contributed by atoms with Gasteiger partial charge in [0.25, 0.3) is 0 Å².